The van der Waals surface area contributed by atoms with Gasteiger partial charge in [0.2, 0.25) is 11.8 Å². The first-order valence-electron chi connectivity index (χ1n) is 7.47. The molecule has 5 nitrogen and oxygen atoms in total. The molecule has 1 fully saturated rings. The maximum Gasteiger partial charge on any atom is 0.247 e. The van der Waals surface area contributed by atoms with Crippen molar-refractivity contribution in [1.29, 1.82) is 0 Å². The summed E-state index contributed by atoms with van der Waals surface area (Å²) in [6.45, 7) is 6.90. The van der Waals surface area contributed by atoms with Crippen LogP contribution >= 0.6 is 0 Å². The van der Waals surface area contributed by atoms with Crippen LogP contribution in [0.4, 0.5) is 0 Å². The lowest BCUT2D eigenvalue weighted by atomic mass is 9.97. The zero-order valence-corrected chi connectivity index (χ0v) is 12.6. The Kier molecular flexibility index (Phi) is 4.03. The summed E-state index contributed by atoms with van der Waals surface area (Å²) in [5.74, 6) is 1.86. The van der Waals surface area contributed by atoms with Crippen molar-refractivity contribution in [3.63, 3.8) is 0 Å². The summed E-state index contributed by atoms with van der Waals surface area (Å²) in [6.07, 6.45) is 1.09. The monoisotopic (exact) mass is 286 g/mol. The molecule has 2 unspecified atom stereocenters. The summed E-state index contributed by atoms with van der Waals surface area (Å²) in [5, 5.41) is 8.32. The number of hydrogen-bond acceptors (Lipinski definition) is 5. The molecule has 0 spiro atoms. The van der Waals surface area contributed by atoms with E-state index >= 15 is 0 Å². The van der Waals surface area contributed by atoms with Crippen molar-refractivity contribution in [3.8, 4) is 11.5 Å². The number of aromatic nitrogens is 2. The van der Waals surface area contributed by atoms with E-state index in [0.717, 1.165) is 25.1 Å². The lowest BCUT2D eigenvalue weighted by molar-refractivity contribution is 0.146. The van der Waals surface area contributed by atoms with E-state index in [-0.39, 0.29) is 6.04 Å². The van der Waals surface area contributed by atoms with Gasteiger partial charge in [-0.2, -0.15) is 0 Å². The molecule has 1 saturated heterocycles. The van der Waals surface area contributed by atoms with Gasteiger partial charge in [0.25, 0.3) is 0 Å². The first-order valence-corrected chi connectivity index (χ1v) is 7.47. The number of nitrogens with zero attached hydrogens (tertiary/aromatic N) is 3. The van der Waals surface area contributed by atoms with E-state index in [1.165, 1.54) is 5.56 Å². The van der Waals surface area contributed by atoms with Crippen molar-refractivity contribution in [2.45, 2.75) is 32.9 Å². The smallest absolute Gasteiger partial charge is 0.247 e. The van der Waals surface area contributed by atoms with Gasteiger partial charge in [-0.3, -0.25) is 4.90 Å². The molecule has 1 aromatic heterocycles. The maximum atomic E-state index is 6.07. The molecule has 3 rings (SSSR count). The number of hydrogen-bond donors (Lipinski definition) is 1. The molecule has 2 atom stereocenters. The van der Waals surface area contributed by atoms with Crippen molar-refractivity contribution < 1.29 is 4.42 Å². The standard InChI is InChI=1S/C16H22N4O/c1-11-4-3-5-13(6-11)16-19-18-15(21-16)10-20-8-12(2)7-14(17)9-20/h3-6,12,14H,7-10,17H2,1-2H3. The fraction of sp³-hybridized carbons (Fsp3) is 0.500. The second kappa shape index (κ2) is 5.95. The molecule has 1 aliphatic heterocycles. The summed E-state index contributed by atoms with van der Waals surface area (Å²) in [4.78, 5) is 2.30. The van der Waals surface area contributed by atoms with Gasteiger partial charge in [0.05, 0.1) is 6.54 Å². The van der Waals surface area contributed by atoms with Crippen molar-refractivity contribution in [2.75, 3.05) is 13.1 Å². The fourth-order valence-corrected chi connectivity index (χ4v) is 3.05. The molecule has 112 valence electrons. The van der Waals surface area contributed by atoms with Crippen LogP contribution < -0.4 is 5.73 Å². The average molecular weight is 286 g/mol. The summed E-state index contributed by atoms with van der Waals surface area (Å²) in [6, 6.07) is 8.34. The Morgan fingerprint density at radius 2 is 2.19 bits per heavy atom. The van der Waals surface area contributed by atoms with E-state index in [1.54, 1.807) is 0 Å². The first kappa shape index (κ1) is 14.2. The van der Waals surface area contributed by atoms with Gasteiger partial charge in [-0.15, -0.1) is 10.2 Å². The Labute approximate surface area is 125 Å². The van der Waals surface area contributed by atoms with Crippen LogP contribution in [0.15, 0.2) is 28.7 Å². The molecule has 0 saturated carbocycles. The maximum absolute atomic E-state index is 6.07. The van der Waals surface area contributed by atoms with Gasteiger partial charge >= 0.3 is 0 Å². The third-order valence-corrected chi connectivity index (χ3v) is 3.86. The Bertz CT molecular complexity index is 600. The van der Waals surface area contributed by atoms with Crippen molar-refractivity contribution in [2.24, 2.45) is 11.7 Å². The number of aryl methyl sites for hydroxylation is 1. The van der Waals surface area contributed by atoms with Gasteiger partial charge in [-0.05, 0) is 31.4 Å². The highest BCUT2D eigenvalue weighted by molar-refractivity contribution is 5.53. The Morgan fingerprint density at radius 3 is 2.95 bits per heavy atom. The largest absolute Gasteiger partial charge is 0.419 e. The highest BCUT2D eigenvalue weighted by atomic mass is 16.4. The van der Waals surface area contributed by atoms with E-state index < -0.39 is 0 Å². The number of likely N-dealkylation sites (tertiary alicyclic amines) is 1. The average Bonchev–Trinajstić information content (AvgIpc) is 2.86. The Balaban J connectivity index is 1.70. The van der Waals surface area contributed by atoms with Gasteiger partial charge in [0.15, 0.2) is 0 Å². The Hall–Kier alpha value is -1.72. The molecule has 0 radical (unpaired) electrons. The number of piperidine rings is 1. The second-order valence-electron chi connectivity index (χ2n) is 6.17. The summed E-state index contributed by atoms with van der Waals surface area (Å²) in [5.41, 5.74) is 8.23. The molecule has 1 aromatic carbocycles. The van der Waals surface area contributed by atoms with Crippen LogP contribution in [-0.4, -0.2) is 34.2 Å². The van der Waals surface area contributed by atoms with E-state index in [1.807, 2.05) is 12.1 Å². The third-order valence-electron chi connectivity index (χ3n) is 3.86. The van der Waals surface area contributed by atoms with Crippen molar-refractivity contribution >= 4 is 0 Å². The van der Waals surface area contributed by atoms with Crippen LogP contribution in [0.2, 0.25) is 0 Å². The van der Waals surface area contributed by atoms with Crippen LogP contribution in [0.1, 0.15) is 24.8 Å². The molecule has 2 N–H and O–H groups in total. The second-order valence-corrected chi connectivity index (χ2v) is 6.17. The summed E-state index contributed by atoms with van der Waals surface area (Å²) < 4.78 is 5.79. The van der Waals surface area contributed by atoms with Crippen molar-refractivity contribution in [1.82, 2.24) is 15.1 Å². The van der Waals surface area contributed by atoms with Gasteiger partial charge in [0, 0.05) is 24.7 Å². The highest BCUT2D eigenvalue weighted by Gasteiger charge is 2.23. The number of benzene rings is 1. The van der Waals surface area contributed by atoms with Crippen LogP contribution in [-0.2, 0) is 6.54 Å². The lowest BCUT2D eigenvalue weighted by Crippen LogP contribution is -2.45. The predicted molar refractivity (Wildman–Crippen MR) is 81.5 cm³/mol. The predicted octanol–water partition coefficient (Wildman–Crippen LogP) is 2.21. The fourth-order valence-electron chi connectivity index (χ4n) is 3.05. The molecular weight excluding hydrogens is 264 g/mol. The Morgan fingerprint density at radius 1 is 1.33 bits per heavy atom. The summed E-state index contributed by atoms with van der Waals surface area (Å²) >= 11 is 0. The van der Waals surface area contributed by atoms with Gasteiger partial charge in [-0.25, -0.2) is 0 Å². The van der Waals surface area contributed by atoms with Crippen molar-refractivity contribution in [3.05, 3.63) is 35.7 Å². The molecular formula is C16H22N4O. The topological polar surface area (TPSA) is 68.2 Å². The highest BCUT2D eigenvalue weighted by Crippen LogP contribution is 2.21. The number of rotatable bonds is 3. The van der Waals surface area contributed by atoms with Gasteiger partial charge in [-0.1, -0.05) is 24.6 Å². The van der Waals surface area contributed by atoms with E-state index in [0.29, 0.717) is 24.2 Å². The van der Waals surface area contributed by atoms with Crippen LogP contribution in [0.3, 0.4) is 0 Å². The molecule has 0 bridgehead atoms. The van der Waals surface area contributed by atoms with Crippen LogP contribution in [0, 0.1) is 12.8 Å². The minimum Gasteiger partial charge on any atom is -0.419 e. The minimum atomic E-state index is 0.243. The molecule has 5 heteroatoms. The lowest BCUT2D eigenvalue weighted by Gasteiger charge is -2.33. The molecule has 0 amide bonds. The molecule has 2 heterocycles. The van der Waals surface area contributed by atoms with Crippen LogP contribution in [0.5, 0.6) is 0 Å². The first-order chi connectivity index (χ1) is 10.1. The van der Waals surface area contributed by atoms with Gasteiger partial charge in [0.1, 0.15) is 0 Å². The zero-order chi connectivity index (χ0) is 14.8. The SMILES string of the molecule is Cc1cccc(-c2nnc(CN3CC(C)CC(N)C3)o2)c1. The quantitative estimate of drug-likeness (QED) is 0.937. The zero-order valence-electron chi connectivity index (χ0n) is 12.6. The van der Waals surface area contributed by atoms with Gasteiger partial charge < -0.3 is 10.2 Å². The normalized spacial score (nSPS) is 23.4. The molecule has 1 aliphatic rings. The minimum absolute atomic E-state index is 0.243. The molecule has 0 aliphatic carbocycles. The third kappa shape index (κ3) is 3.49. The van der Waals surface area contributed by atoms with E-state index in [4.69, 9.17) is 10.2 Å². The van der Waals surface area contributed by atoms with E-state index in [9.17, 15) is 0 Å². The summed E-state index contributed by atoms with van der Waals surface area (Å²) in [7, 11) is 0. The van der Waals surface area contributed by atoms with Crippen LogP contribution in [0.25, 0.3) is 11.5 Å². The molecule has 21 heavy (non-hydrogen) atoms. The number of nitrogens with two attached hydrogens (primary N) is 1. The molecule has 2 aromatic rings. The van der Waals surface area contributed by atoms with E-state index in [2.05, 4.69) is 41.1 Å².